The Balaban J connectivity index is 2.47. The van der Waals surface area contributed by atoms with Gasteiger partial charge in [-0.05, 0) is 25.5 Å². The summed E-state index contributed by atoms with van der Waals surface area (Å²) in [7, 11) is -4.17. The number of carbonyl (C=O) groups is 2. The molecule has 0 radical (unpaired) electrons. The van der Waals surface area contributed by atoms with Gasteiger partial charge in [-0.15, -0.1) is 0 Å². The van der Waals surface area contributed by atoms with Crippen molar-refractivity contribution in [3.05, 3.63) is 35.4 Å². The first-order chi connectivity index (χ1) is 13.8. The third-order valence-corrected chi connectivity index (χ3v) is 5.87. The van der Waals surface area contributed by atoms with Gasteiger partial charge in [-0.2, -0.15) is 8.42 Å². The Morgan fingerprint density at radius 3 is 1.90 bits per heavy atom. The Bertz CT molecular complexity index is 743. The number of hydrogen-bond acceptors (Lipinski definition) is 6. The molecule has 0 spiro atoms. The van der Waals surface area contributed by atoms with Crippen molar-refractivity contribution in [3.63, 3.8) is 0 Å². The molecule has 0 aliphatic heterocycles. The minimum atomic E-state index is -4.17. The summed E-state index contributed by atoms with van der Waals surface area (Å²) >= 11 is 0. The van der Waals surface area contributed by atoms with E-state index in [-0.39, 0.29) is 24.2 Å². The summed E-state index contributed by atoms with van der Waals surface area (Å²) in [5.41, 5.74) is 0.180. The fourth-order valence-corrected chi connectivity index (χ4v) is 3.08. The molecule has 0 bridgehead atoms. The van der Waals surface area contributed by atoms with Gasteiger partial charge in [0, 0.05) is 6.42 Å². The molecule has 8 heteroatoms. The van der Waals surface area contributed by atoms with E-state index in [1.54, 1.807) is 12.1 Å². The highest BCUT2D eigenvalue weighted by Gasteiger charge is 2.21. The standard InChI is InChI=1S/C21H32O7S/c1-3-4-5-6-7-8-11-15-27-20(22)18-12-9-10-13-19(18)21(23)28-16-14-17(2)29(24,25)26/h9-10,12-13,17H,3-8,11,14-16H2,1-2H3,(H,24,25,26). The molecule has 1 atom stereocenters. The monoisotopic (exact) mass is 428 g/mol. The van der Waals surface area contributed by atoms with Crippen LogP contribution in [0, 0.1) is 0 Å². The van der Waals surface area contributed by atoms with Crippen molar-refractivity contribution in [3.8, 4) is 0 Å². The number of carbonyl (C=O) groups excluding carboxylic acids is 2. The molecule has 0 saturated heterocycles. The number of ether oxygens (including phenoxy) is 2. The molecular weight excluding hydrogens is 396 g/mol. The maximum absolute atomic E-state index is 12.3. The summed E-state index contributed by atoms with van der Waals surface area (Å²) in [6.45, 7) is 3.59. The lowest BCUT2D eigenvalue weighted by atomic mass is 10.1. The summed E-state index contributed by atoms with van der Waals surface area (Å²) in [5.74, 6) is -1.33. The van der Waals surface area contributed by atoms with Gasteiger partial charge in [0.25, 0.3) is 10.1 Å². The van der Waals surface area contributed by atoms with Crippen LogP contribution in [-0.4, -0.2) is 43.4 Å². The molecular formula is C21H32O7S. The van der Waals surface area contributed by atoms with Crippen LogP contribution in [0.15, 0.2) is 24.3 Å². The normalized spacial score (nSPS) is 12.4. The Kier molecular flexibility index (Phi) is 11.5. The minimum Gasteiger partial charge on any atom is -0.462 e. The van der Waals surface area contributed by atoms with Crippen LogP contribution in [0.3, 0.4) is 0 Å². The lowest BCUT2D eigenvalue weighted by Crippen LogP contribution is -2.20. The summed E-state index contributed by atoms with van der Waals surface area (Å²) in [5, 5.41) is -1.04. The molecule has 7 nitrogen and oxygen atoms in total. The second-order valence-electron chi connectivity index (χ2n) is 7.05. The highest BCUT2D eigenvalue weighted by atomic mass is 32.2. The van der Waals surface area contributed by atoms with Gasteiger partial charge in [0.05, 0.1) is 29.6 Å². The fourth-order valence-electron chi connectivity index (χ4n) is 2.69. The molecule has 0 amide bonds. The molecule has 0 fully saturated rings. The maximum Gasteiger partial charge on any atom is 0.339 e. The third kappa shape index (κ3) is 9.89. The van der Waals surface area contributed by atoms with Gasteiger partial charge in [0.2, 0.25) is 0 Å². The van der Waals surface area contributed by atoms with Crippen LogP contribution in [0.25, 0.3) is 0 Å². The minimum absolute atomic E-state index is 0.0462. The van der Waals surface area contributed by atoms with Crippen molar-refractivity contribution < 1.29 is 32.0 Å². The van der Waals surface area contributed by atoms with Gasteiger partial charge >= 0.3 is 11.9 Å². The van der Waals surface area contributed by atoms with Crippen LogP contribution < -0.4 is 0 Å². The lowest BCUT2D eigenvalue weighted by molar-refractivity contribution is 0.0451. The zero-order valence-corrected chi connectivity index (χ0v) is 18.1. The maximum atomic E-state index is 12.3. The van der Waals surface area contributed by atoms with E-state index in [1.807, 2.05) is 0 Å². The highest BCUT2D eigenvalue weighted by molar-refractivity contribution is 7.86. The van der Waals surface area contributed by atoms with E-state index >= 15 is 0 Å². The second-order valence-corrected chi connectivity index (χ2v) is 8.89. The number of esters is 2. The van der Waals surface area contributed by atoms with Gasteiger partial charge in [-0.3, -0.25) is 4.55 Å². The first-order valence-corrected chi connectivity index (χ1v) is 11.7. The van der Waals surface area contributed by atoms with Gasteiger partial charge in [0.1, 0.15) is 0 Å². The SMILES string of the molecule is CCCCCCCCCOC(=O)c1ccccc1C(=O)OCCC(C)S(=O)(=O)O. The van der Waals surface area contributed by atoms with Crippen LogP contribution >= 0.6 is 0 Å². The zero-order valence-electron chi connectivity index (χ0n) is 17.3. The molecule has 0 aromatic heterocycles. The summed E-state index contributed by atoms with van der Waals surface area (Å²) in [6.07, 6.45) is 7.71. The zero-order chi connectivity index (χ0) is 21.7. The molecule has 164 valence electrons. The van der Waals surface area contributed by atoms with Crippen LogP contribution in [0.1, 0.15) is 85.9 Å². The Morgan fingerprint density at radius 2 is 1.38 bits per heavy atom. The molecule has 0 aliphatic carbocycles. The fraction of sp³-hybridized carbons (Fsp3) is 0.619. The van der Waals surface area contributed by atoms with E-state index in [2.05, 4.69) is 6.92 Å². The van der Waals surface area contributed by atoms with Crippen molar-refractivity contribution in [1.29, 1.82) is 0 Å². The molecule has 29 heavy (non-hydrogen) atoms. The molecule has 1 aromatic carbocycles. The van der Waals surface area contributed by atoms with E-state index in [1.165, 1.54) is 44.7 Å². The molecule has 1 unspecified atom stereocenters. The smallest absolute Gasteiger partial charge is 0.339 e. The topological polar surface area (TPSA) is 107 Å². The number of benzene rings is 1. The summed E-state index contributed by atoms with van der Waals surface area (Å²) in [4.78, 5) is 24.6. The summed E-state index contributed by atoms with van der Waals surface area (Å²) in [6, 6.07) is 6.18. The Morgan fingerprint density at radius 1 is 0.897 bits per heavy atom. The lowest BCUT2D eigenvalue weighted by Gasteiger charge is -2.11. The van der Waals surface area contributed by atoms with Crippen LogP contribution in [0.5, 0.6) is 0 Å². The van der Waals surface area contributed by atoms with Crippen molar-refractivity contribution >= 4 is 22.1 Å². The predicted octanol–water partition coefficient (Wildman–Crippen LogP) is 4.42. The van der Waals surface area contributed by atoms with Gasteiger partial charge in [-0.1, -0.05) is 57.6 Å². The van der Waals surface area contributed by atoms with E-state index in [0.29, 0.717) is 6.61 Å². The van der Waals surface area contributed by atoms with E-state index in [9.17, 15) is 18.0 Å². The van der Waals surface area contributed by atoms with E-state index < -0.39 is 27.3 Å². The molecule has 0 heterocycles. The first kappa shape index (κ1) is 25.1. The van der Waals surface area contributed by atoms with Crippen molar-refractivity contribution in [2.45, 2.75) is 70.5 Å². The van der Waals surface area contributed by atoms with Gasteiger partial charge < -0.3 is 9.47 Å². The average Bonchev–Trinajstić information content (AvgIpc) is 2.68. The Labute approximate surface area is 173 Å². The number of hydrogen-bond donors (Lipinski definition) is 1. The van der Waals surface area contributed by atoms with Crippen molar-refractivity contribution in [1.82, 2.24) is 0 Å². The Hall–Kier alpha value is -1.93. The third-order valence-electron chi connectivity index (χ3n) is 4.61. The molecule has 1 aromatic rings. The quantitative estimate of drug-likeness (QED) is 0.265. The predicted molar refractivity (Wildman–Crippen MR) is 111 cm³/mol. The second kappa shape index (κ2) is 13.3. The first-order valence-electron chi connectivity index (χ1n) is 10.2. The molecule has 0 aliphatic rings. The molecule has 0 saturated carbocycles. The highest BCUT2D eigenvalue weighted by Crippen LogP contribution is 2.14. The van der Waals surface area contributed by atoms with Gasteiger partial charge in [0.15, 0.2) is 0 Å². The van der Waals surface area contributed by atoms with Crippen LogP contribution in [-0.2, 0) is 19.6 Å². The van der Waals surface area contributed by atoms with Gasteiger partial charge in [-0.25, -0.2) is 9.59 Å². The molecule has 1 rings (SSSR count). The largest absolute Gasteiger partial charge is 0.462 e. The van der Waals surface area contributed by atoms with E-state index in [4.69, 9.17) is 14.0 Å². The van der Waals surface area contributed by atoms with Crippen LogP contribution in [0.4, 0.5) is 0 Å². The number of rotatable bonds is 14. The molecule has 1 N–H and O–H groups in total. The van der Waals surface area contributed by atoms with E-state index in [0.717, 1.165) is 19.3 Å². The average molecular weight is 429 g/mol. The van der Waals surface area contributed by atoms with Crippen LogP contribution in [0.2, 0.25) is 0 Å². The number of unbranched alkanes of at least 4 members (excludes halogenated alkanes) is 6. The van der Waals surface area contributed by atoms with Crippen molar-refractivity contribution in [2.75, 3.05) is 13.2 Å². The summed E-state index contributed by atoms with van der Waals surface area (Å²) < 4.78 is 41.2. The van der Waals surface area contributed by atoms with Crippen molar-refractivity contribution in [2.24, 2.45) is 0 Å².